The van der Waals surface area contributed by atoms with E-state index in [-0.39, 0.29) is 12.6 Å². The summed E-state index contributed by atoms with van der Waals surface area (Å²) in [7, 11) is 0. The van der Waals surface area contributed by atoms with Gasteiger partial charge in [0.1, 0.15) is 6.33 Å². The first kappa shape index (κ1) is 15.4. The molecule has 0 fully saturated rings. The molecule has 0 radical (unpaired) electrons. The molecule has 2 heterocycles. The average Bonchev–Trinajstić information content (AvgIpc) is 2.96. The topological polar surface area (TPSA) is 75.3 Å². The van der Waals surface area contributed by atoms with Crippen molar-refractivity contribution in [3.05, 3.63) is 48.1 Å². The highest BCUT2D eigenvalue weighted by atomic mass is 16.4. The van der Waals surface area contributed by atoms with E-state index in [0.29, 0.717) is 30.1 Å². The lowest BCUT2D eigenvalue weighted by Gasteiger charge is -2.30. The summed E-state index contributed by atoms with van der Waals surface area (Å²) in [6.45, 7) is 4.71. The Morgan fingerprint density at radius 1 is 1.22 bits per heavy atom. The number of nitrogens with zero attached hydrogens (tertiary/aromatic N) is 4. The standard InChI is InChI=1S/C17H20N4O2/c1-12(14-7-4-3-5-8-14)21(9-6-10-22)16-15-17(19-11-18-16)23-13(2)20-15/h3-5,7-8,11-12,22H,6,9-10H2,1-2H3/t12-/m0/s1. The summed E-state index contributed by atoms with van der Waals surface area (Å²) >= 11 is 0. The number of hydrogen-bond donors (Lipinski definition) is 1. The largest absolute Gasteiger partial charge is 0.422 e. The fourth-order valence-electron chi connectivity index (χ4n) is 2.69. The molecule has 6 heteroatoms. The molecule has 6 nitrogen and oxygen atoms in total. The summed E-state index contributed by atoms with van der Waals surface area (Å²) in [5.41, 5.74) is 2.32. The van der Waals surface area contributed by atoms with Gasteiger partial charge in [-0.25, -0.2) is 9.97 Å². The smallest absolute Gasteiger partial charge is 0.252 e. The Balaban J connectivity index is 2.04. The van der Waals surface area contributed by atoms with Gasteiger partial charge in [-0.3, -0.25) is 0 Å². The third kappa shape index (κ3) is 3.17. The van der Waals surface area contributed by atoms with Crippen molar-refractivity contribution in [2.24, 2.45) is 0 Å². The molecule has 0 spiro atoms. The highest BCUT2D eigenvalue weighted by molar-refractivity contribution is 5.81. The van der Waals surface area contributed by atoms with Gasteiger partial charge in [0.25, 0.3) is 5.71 Å². The molecule has 0 aliphatic heterocycles. The zero-order valence-electron chi connectivity index (χ0n) is 13.3. The molecule has 0 aliphatic carbocycles. The maximum atomic E-state index is 9.24. The molecular weight excluding hydrogens is 292 g/mol. The second-order valence-corrected chi connectivity index (χ2v) is 5.44. The normalized spacial score (nSPS) is 12.5. The minimum atomic E-state index is 0.0952. The minimum Gasteiger partial charge on any atom is -0.422 e. The van der Waals surface area contributed by atoms with Crippen molar-refractivity contribution in [2.45, 2.75) is 26.3 Å². The average molecular weight is 312 g/mol. The second kappa shape index (κ2) is 6.75. The van der Waals surface area contributed by atoms with Gasteiger partial charge >= 0.3 is 0 Å². The van der Waals surface area contributed by atoms with Crippen LogP contribution in [0.1, 0.15) is 30.8 Å². The lowest BCUT2D eigenvalue weighted by molar-refractivity contribution is 0.288. The Hall–Kier alpha value is -2.47. The number of aliphatic hydroxyl groups is 1. The van der Waals surface area contributed by atoms with Gasteiger partial charge in [-0.2, -0.15) is 4.98 Å². The number of rotatable bonds is 6. The number of fused-ring (bicyclic) bond motifs is 1. The van der Waals surface area contributed by atoms with Crippen LogP contribution in [0.25, 0.3) is 11.2 Å². The molecule has 23 heavy (non-hydrogen) atoms. The van der Waals surface area contributed by atoms with E-state index in [1.807, 2.05) is 18.2 Å². The zero-order chi connectivity index (χ0) is 16.2. The van der Waals surface area contributed by atoms with Crippen LogP contribution in [-0.2, 0) is 0 Å². The van der Waals surface area contributed by atoms with Gasteiger partial charge in [-0.1, -0.05) is 30.3 Å². The Labute approximate surface area is 134 Å². The number of aliphatic hydroxyl groups excluding tert-OH is 1. The molecular formula is C17H20N4O2. The lowest BCUT2D eigenvalue weighted by Crippen LogP contribution is -2.29. The highest BCUT2D eigenvalue weighted by Crippen LogP contribution is 2.30. The number of benzene rings is 1. The predicted octanol–water partition coefficient (Wildman–Crippen LogP) is 2.88. The minimum absolute atomic E-state index is 0.0952. The van der Waals surface area contributed by atoms with E-state index < -0.39 is 0 Å². The van der Waals surface area contributed by atoms with E-state index in [1.165, 1.54) is 11.9 Å². The van der Waals surface area contributed by atoms with Crippen molar-refractivity contribution in [3.63, 3.8) is 0 Å². The van der Waals surface area contributed by atoms with Gasteiger partial charge in [-0.05, 0) is 18.9 Å². The SMILES string of the molecule is Cc1nc2c(N(CCCO)[C@@H](C)c3ccccc3)ncnc2o1. The summed E-state index contributed by atoms with van der Waals surface area (Å²) in [5, 5.41) is 9.24. The molecule has 0 unspecified atom stereocenters. The van der Waals surface area contributed by atoms with Crippen LogP contribution in [0.5, 0.6) is 0 Å². The zero-order valence-corrected chi connectivity index (χ0v) is 13.3. The number of oxazole rings is 1. The van der Waals surface area contributed by atoms with Crippen molar-refractivity contribution in [3.8, 4) is 0 Å². The molecule has 120 valence electrons. The molecule has 0 saturated heterocycles. The first-order chi connectivity index (χ1) is 11.2. The molecule has 0 amide bonds. The van der Waals surface area contributed by atoms with Crippen LogP contribution in [0.15, 0.2) is 41.1 Å². The highest BCUT2D eigenvalue weighted by Gasteiger charge is 2.22. The lowest BCUT2D eigenvalue weighted by atomic mass is 10.1. The molecule has 1 atom stereocenters. The molecule has 3 aromatic rings. The van der Waals surface area contributed by atoms with Crippen LogP contribution in [0.2, 0.25) is 0 Å². The van der Waals surface area contributed by atoms with Crippen molar-refractivity contribution in [1.29, 1.82) is 0 Å². The molecule has 0 aliphatic rings. The number of hydrogen-bond acceptors (Lipinski definition) is 6. The van der Waals surface area contributed by atoms with Gasteiger partial charge < -0.3 is 14.4 Å². The summed E-state index contributed by atoms with van der Waals surface area (Å²) in [4.78, 5) is 15.1. The number of aromatic nitrogens is 3. The maximum Gasteiger partial charge on any atom is 0.252 e. The van der Waals surface area contributed by atoms with E-state index in [1.54, 1.807) is 6.92 Å². The van der Waals surface area contributed by atoms with Crippen LogP contribution in [0.3, 0.4) is 0 Å². The van der Waals surface area contributed by atoms with Gasteiger partial charge in [-0.15, -0.1) is 0 Å². The molecule has 3 rings (SSSR count). The fraction of sp³-hybridized carbons (Fsp3) is 0.353. The van der Waals surface area contributed by atoms with Crippen LogP contribution in [-0.4, -0.2) is 33.2 Å². The summed E-state index contributed by atoms with van der Waals surface area (Å²) in [6, 6.07) is 10.3. The molecule has 0 saturated carbocycles. The van der Waals surface area contributed by atoms with Crippen LogP contribution >= 0.6 is 0 Å². The maximum absolute atomic E-state index is 9.24. The van der Waals surface area contributed by atoms with Crippen molar-refractivity contribution in [2.75, 3.05) is 18.1 Å². The molecule has 1 N–H and O–H groups in total. The van der Waals surface area contributed by atoms with E-state index in [4.69, 9.17) is 4.42 Å². The fourth-order valence-corrected chi connectivity index (χ4v) is 2.69. The molecule has 1 aromatic carbocycles. The van der Waals surface area contributed by atoms with Gasteiger partial charge in [0.2, 0.25) is 0 Å². The summed E-state index contributed by atoms with van der Waals surface area (Å²) < 4.78 is 5.51. The first-order valence-electron chi connectivity index (χ1n) is 7.71. The quantitative estimate of drug-likeness (QED) is 0.754. The number of aryl methyl sites for hydroxylation is 1. The number of anilines is 1. The summed E-state index contributed by atoms with van der Waals surface area (Å²) in [5.74, 6) is 1.30. The predicted molar refractivity (Wildman–Crippen MR) is 88.2 cm³/mol. The first-order valence-corrected chi connectivity index (χ1v) is 7.71. The van der Waals surface area contributed by atoms with E-state index >= 15 is 0 Å². The Kier molecular flexibility index (Phi) is 4.52. The van der Waals surface area contributed by atoms with Crippen molar-refractivity contribution in [1.82, 2.24) is 15.0 Å². The van der Waals surface area contributed by atoms with Gasteiger partial charge in [0, 0.05) is 20.1 Å². The second-order valence-electron chi connectivity index (χ2n) is 5.44. The summed E-state index contributed by atoms with van der Waals surface area (Å²) in [6.07, 6.45) is 2.14. The van der Waals surface area contributed by atoms with Crippen molar-refractivity contribution >= 4 is 17.0 Å². The van der Waals surface area contributed by atoms with Crippen LogP contribution in [0, 0.1) is 6.92 Å². The Morgan fingerprint density at radius 3 is 2.74 bits per heavy atom. The van der Waals surface area contributed by atoms with Crippen LogP contribution in [0.4, 0.5) is 5.82 Å². The van der Waals surface area contributed by atoms with Crippen molar-refractivity contribution < 1.29 is 9.52 Å². The third-order valence-corrected chi connectivity index (χ3v) is 3.86. The third-order valence-electron chi connectivity index (χ3n) is 3.86. The Morgan fingerprint density at radius 2 is 2.00 bits per heavy atom. The molecule has 0 bridgehead atoms. The van der Waals surface area contributed by atoms with Gasteiger partial charge in [0.15, 0.2) is 17.2 Å². The van der Waals surface area contributed by atoms with E-state index in [9.17, 15) is 5.11 Å². The van der Waals surface area contributed by atoms with E-state index in [0.717, 1.165) is 5.82 Å². The van der Waals surface area contributed by atoms with Crippen LogP contribution < -0.4 is 4.90 Å². The Bertz CT molecular complexity index is 773. The van der Waals surface area contributed by atoms with Gasteiger partial charge in [0.05, 0.1) is 6.04 Å². The monoisotopic (exact) mass is 312 g/mol. The van der Waals surface area contributed by atoms with E-state index in [2.05, 4.69) is 38.9 Å². The molecule has 2 aromatic heterocycles.